The zero-order valence-electron chi connectivity index (χ0n) is 13.7. The van der Waals surface area contributed by atoms with E-state index in [4.69, 9.17) is 16.2 Å². The summed E-state index contributed by atoms with van der Waals surface area (Å²) in [7, 11) is -4.44. The van der Waals surface area contributed by atoms with Gasteiger partial charge in [0.25, 0.3) is 0 Å². The zero-order valence-corrected chi connectivity index (χ0v) is 14.5. The second-order valence-corrected chi connectivity index (χ2v) is 6.95. The third-order valence-electron chi connectivity index (χ3n) is 3.81. The molecule has 2 aromatic heterocycles. The van der Waals surface area contributed by atoms with Gasteiger partial charge in [-0.15, -0.1) is 0 Å². The molecule has 15 heteroatoms. The third kappa shape index (κ3) is 3.82. The Bertz CT molecular complexity index is 949. The Labute approximate surface area is 152 Å². The number of carbonyl (C=O) groups excluding carboxylic acids is 1. The number of rotatable bonds is 6. The lowest BCUT2D eigenvalue weighted by molar-refractivity contribution is -0.118. The minimum Gasteiger partial charge on any atom is -0.387 e. The lowest BCUT2D eigenvalue weighted by Crippen LogP contribution is -2.39. The molecule has 27 heavy (non-hydrogen) atoms. The fraction of sp³-hybridized carbons (Fsp3) is 0.500. The first kappa shape index (κ1) is 19.3. The predicted molar refractivity (Wildman–Crippen MR) is 87.7 cm³/mol. The second-order valence-electron chi connectivity index (χ2n) is 5.60. The van der Waals surface area contributed by atoms with E-state index in [1.807, 2.05) is 0 Å². The number of nitrogen functional groups attached to an aromatic ring is 1. The van der Waals surface area contributed by atoms with Crippen LogP contribution in [0.25, 0.3) is 11.2 Å². The Morgan fingerprint density at radius 1 is 1.33 bits per heavy atom. The van der Waals surface area contributed by atoms with Crippen LogP contribution in [0.4, 0.5) is 5.82 Å². The quantitative estimate of drug-likeness (QED) is 0.315. The van der Waals surface area contributed by atoms with Gasteiger partial charge in [0.15, 0.2) is 17.7 Å². The molecule has 0 spiro atoms. The summed E-state index contributed by atoms with van der Waals surface area (Å²) in [6, 6.07) is 0. The molecule has 2 aromatic rings. The number of amides is 1. The van der Waals surface area contributed by atoms with Gasteiger partial charge in [-0.05, 0) is 0 Å². The molecular weight excluding hydrogens is 386 g/mol. The van der Waals surface area contributed by atoms with Crippen molar-refractivity contribution in [3.63, 3.8) is 0 Å². The van der Waals surface area contributed by atoms with Crippen molar-refractivity contribution in [2.24, 2.45) is 5.73 Å². The lowest BCUT2D eigenvalue weighted by Gasteiger charge is -2.16. The number of aromatic nitrogens is 4. The Morgan fingerprint density at radius 2 is 2.07 bits per heavy atom. The molecule has 0 radical (unpaired) electrons. The summed E-state index contributed by atoms with van der Waals surface area (Å²) < 4.78 is 36.2. The molecular formula is C12H17N7O7S. The van der Waals surface area contributed by atoms with Crippen LogP contribution in [-0.2, 0) is 24.0 Å². The molecule has 4 atom stereocenters. The third-order valence-corrected chi connectivity index (χ3v) is 4.73. The van der Waals surface area contributed by atoms with Gasteiger partial charge in [0.2, 0.25) is 5.91 Å². The monoisotopic (exact) mass is 403 g/mol. The normalized spacial score (nSPS) is 25.7. The predicted octanol–water partition coefficient (Wildman–Crippen LogP) is -3.64. The van der Waals surface area contributed by atoms with Gasteiger partial charge in [-0.25, -0.2) is 19.7 Å². The summed E-state index contributed by atoms with van der Waals surface area (Å²) in [5.74, 6) is -0.851. The molecule has 1 aliphatic rings. The van der Waals surface area contributed by atoms with Crippen molar-refractivity contribution >= 4 is 33.2 Å². The highest BCUT2D eigenvalue weighted by Gasteiger charge is 2.45. The van der Waals surface area contributed by atoms with Gasteiger partial charge in [-0.2, -0.15) is 8.42 Å². The van der Waals surface area contributed by atoms with Gasteiger partial charge in [0.1, 0.15) is 30.2 Å². The molecule has 0 unspecified atom stereocenters. The first-order valence-electron chi connectivity index (χ1n) is 7.58. The largest absolute Gasteiger partial charge is 0.387 e. The number of carbonyl (C=O) groups is 1. The summed E-state index contributed by atoms with van der Waals surface area (Å²) in [6.45, 7) is -1.21. The molecule has 0 bridgehead atoms. The van der Waals surface area contributed by atoms with Gasteiger partial charge in [0.05, 0.1) is 19.5 Å². The van der Waals surface area contributed by atoms with Gasteiger partial charge in [-0.3, -0.25) is 13.5 Å². The molecule has 1 fully saturated rings. The van der Waals surface area contributed by atoms with Gasteiger partial charge >= 0.3 is 10.3 Å². The molecule has 3 heterocycles. The highest BCUT2D eigenvalue weighted by Crippen LogP contribution is 2.32. The summed E-state index contributed by atoms with van der Waals surface area (Å²) in [6.07, 6.45) is -2.78. The van der Waals surface area contributed by atoms with E-state index in [1.54, 1.807) is 4.72 Å². The number of anilines is 1. The molecule has 0 aliphatic carbocycles. The first-order chi connectivity index (χ1) is 12.7. The number of ether oxygens (including phenoxy) is 1. The summed E-state index contributed by atoms with van der Waals surface area (Å²) >= 11 is 0. The van der Waals surface area contributed by atoms with Crippen molar-refractivity contribution in [2.45, 2.75) is 24.5 Å². The van der Waals surface area contributed by atoms with E-state index in [0.29, 0.717) is 0 Å². The SMILES string of the molecule is NCC(=O)NS(=O)(=O)OC[C@@H]1O[C@@H](n2cnc3c(N)ncnc32)[C@H](O)[C@H]1O. The van der Waals surface area contributed by atoms with E-state index in [9.17, 15) is 23.4 Å². The maximum absolute atomic E-state index is 11.6. The molecule has 0 saturated carbocycles. The highest BCUT2D eigenvalue weighted by molar-refractivity contribution is 7.85. The van der Waals surface area contributed by atoms with Crippen LogP contribution in [0.15, 0.2) is 12.7 Å². The fourth-order valence-corrected chi connectivity index (χ4v) is 3.25. The number of nitrogens with zero attached hydrogens (tertiary/aromatic N) is 4. The van der Waals surface area contributed by atoms with Crippen molar-refractivity contribution in [3.8, 4) is 0 Å². The Balaban J connectivity index is 1.74. The van der Waals surface area contributed by atoms with Crippen LogP contribution in [0, 0.1) is 0 Å². The average molecular weight is 403 g/mol. The van der Waals surface area contributed by atoms with E-state index in [0.717, 1.165) is 0 Å². The van der Waals surface area contributed by atoms with Crippen molar-refractivity contribution in [3.05, 3.63) is 12.7 Å². The van der Waals surface area contributed by atoms with Crippen LogP contribution in [0.3, 0.4) is 0 Å². The summed E-state index contributed by atoms with van der Waals surface area (Å²) in [4.78, 5) is 22.9. The number of aliphatic hydroxyl groups excluding tert-OH is 2. The highest BCUT2D eigenvalue weighted by atomic mass is 32.2. The van der Waals surface area contributed by atoms with Crippen LogP contribution < -0.4 is 16.2 Å². The molecule has 148 valence electrons. The zero-order chi connectivity index (χ0) is 19.8. The maximum atomic E-state index is 11.6. The maximum Gasteiger partial charge on any atom is 0.362 e. The molecule has 7 N–H and O–H groups in total. The number of nitrogens with one attached hydrogen (secondary N) is 1. The Hall–Kier alpha value is -2.43. The van der Waals surface area contributed by atoms with Gasteiger partial charge in [0, 0.05) is 0 Å². The molecule has 1 saturated heterocycles. The summed E-state index contributed by atoms with van der Waals surface area (Å²) in [5.41, 5.74) is 11.2. The Morgan fingerprint density at radius 3 is 2.78 bits per heavy atom. The van der Waals surface area contributed by atoms with Crippen LogP contribution in [0.5, 0.6) is 0 Å². The number of fused-ring (bicyclic) bond motifs is 1. The molecule has 3 rings (SSSR count). The van der Waals surface area contributed by atoms with Crippen molar-refractivity contribution < 1.29 is 32.3 Å². The minimum absolute atomic E-state index is 0.119. The van der Waals surface area contributed by atoms with Gasteiger partial charge in [-0.1, -0.05) is 0 Å². The number of imidazole rings is 1. The van der Waals surface area contributed by atoms with Crippen molar-refractivity contribution in [1.29, 1.82) is 0 Å². The summed E-state index contributed by atoms with van der Waals surface area (Å²) in [5, 5.41) is 20.4. The number of nitrogens with two attached hydrogens (primary N) is 2. The van der Waals surface area contributed by atoms with Crippen LogP contribution in [0.2, 0.25) is 0 Å². The van der Waals surface area contributed by atoms with Crippen LogP contribution in [-0.4, -0.2) is 75.5 Å². The van der Waals surface area contributed by atoms with Gasteiger partial charge < -0.3 is 26.4 Å². The van der Waals surface area contributed by atoms with E-state index < -0.39 is 53.9 Å². The van der Waals surface area contributed by atoms with Crippen LogP contribution in [0.1, 0.15) is 6.23 Å². The molecule has 0 aromatic carbocycles. The van der Waals surface area contributed by atoms with Crippen molar-refractivity contribution in [1.82, 2.24) is 24.2 Å². The number of hydrogen-bond donors (Lipinski definition) is 5. The van der Waals surface area contributed by atoms with E-state index in [1.165, 1.54) is 17.2 Å². The topological polar surface area (TPSA) is 218 Å². The molecule has 1 aliphatic heterocycles. The molecule has 1 amide bonds. The molecule has 14 nitrogen and oxygen atoms in total. The van der Waals surface area contributed by atoms with E-state index in [2.05, 4.69) is 19.1 Å². The minimum atomic E-state index is -4.44. The van der Waals surface area contributed by atoms with Crippen LogP contribution >= 0.6 is 0 Å². The fourth-order valence-electron chi connectivity index (χ4n) is 2.52. The average Bonchev–Trinajstić information content (AvgIpc) is 3.16. The number of hydrogen-bond acceptors (Lipinski definition) is 12. The Kier molecular flexibility index (Phi) is 5.22. The van der Waals surface area contributed by atoms with E-state index in [-0.39, 0.29) is 17.0 Å². The standard InChI is InChI=1S/C12H17N7O7S/c13-1-6(20)18-27(23,24)25-2-5-8(21)9(22)12(26-5)19-4-17-7-10(14)15-3-16-11(7)19/h3-5,8-9,12,21-22H,1-2,13H2,(H,18,20)(H2,14,15,16)/t5-,8-,9+,12+/m0/s1. The smallest absolute Gasteiger partial charge is 0.362 e. The number of aliphatic hydroxyl groups is 2. The first-order valence-corrected chi connectivity index (χ1v) is 8.99. The second kappa shape index (κ2) is 7.29. The van der Waals surface area contributed by atoms with Crippen molar-refractivity contribution in [2.75, 3.05) is 18.9 Å². The van der Waals surface area contributed by atoms with E-state index >= 15 is 0 Å². The lowest BCUT2D eigenvalue weighted by atomic mass is 10.1.